The van der Waals surface area contributed by atoms with Gasteiger partial charge in [0.2, 0.25) is 5.95 Å². The van der Waals surface area contributed by atoms with Crippen LogP contribution in [0.2, 0.25) is 0 Å². The average molecular weight is 421 g/mol. The maximum Gasteiger partial charge on any atom is 0.416 e. The lowest BCUT2D eigenvalue weighted by Gasteiger charge is -2.10. The molecule has 7 nitrogen and oxygen atoms in total. The number of carboxylic acid groups (broad SMARTS) is 2. The lowest BCUT2D eigenvalue weighted by atomic mass is 10.1. The molecule has 0 fully saturated rings. The summed E-state index contributed by atoms with van der Waals surface area (Å²) in [4.78, 5) is 22.5. The highest BCUT2D eigenvalue weighted by Crippen LogP contribution is 2.29. The predicted molar refractivity (Wildman–Crippen MR) is 103 cm³/mol. The van der Waals surface area contributed by atoms with E-state index >= 15 is 0 Å². The third-order valence-corrected chi connectivity index (χ3v) is 3.97. The first kappa shape index (κ1) is 22.5. The third kappa shape index (κ3) is 6.09. The summed E-state index contributed by atoms with van der Waals surface area (Å²) >= 11 is 0. The number of nitrogens with one attached hydrogen (secondary N) is 1. The van der Waals surface area contributed by atoms with Crippen molar-refractivity contribution in [3.63, 3.8) is 0 Å². The van der Waals surface area contributed by atoms with Crippen molar-refractivity contribution in [1.29, 1.82) is 0 Å². The molecular formula is C20H18F3N3O4. The molecule has 10 heteroatoms. The molecule has 0 radical (unpaired) electrons. The molecule has 0 aliphatic rings. The normalized spacial score (nSPS) is 10.7. The highest BCUT2D eigenvalue weighted by atomic mass is 19.4. The van der Waals surface area contributed by atoms with E-state index in [1.54, 1.807) is 6.20 Å². The first-order valence-corrected chi connectivity index (χ1v) is 8.53. The van der Waals surface area contributed by atoms with Crippen molar-refractivity contribution in [1.82, 2.24) is 9.55 Å². The number of nitrogens with zero attached hydrogens (tertiary/aromatic N) is 2. The molecule has 0 aliphatic heterocycles. The fourth-order valence-corrected chi connectivity index (χ4v) is 2.44. The molecule has 1 aromatic heterocycles. The Balaban J connectivity index is 0.000000469. The van der Waals surface area contributed by atoms with Gasteiger partial charge in [-0.05, 0) is 23.3 Å². The van der Waals surface area contributed by atoms with Gasteiger partial charge in [-0.2, -0.15) is 13.2 Å². The van der Waals surface area contributed by atoms with Crippen LogP contribution in [0.5, 0.6) is 0 Å². The van der Waals surface area contributed by atoms with E-state index in [1.165, 1.54) is 12.1 Å². The van der Waals surface area contributed by atoms with Gasteiger partial charge in [0, 0.05) is 13.6 Å². The van der Waals surface area contributed by atoms with Gasteiger partial charge in [0.25, 0.3) is 0 Å². The molecule has 0 unspecified atom stereocenters. The van der Waals surface area contributed by atoms with E-state index in [-0.39, 0.29) is 0 Å². The van der Waals surface area contributed by atoms with Gasteiger partial charge in [-0.3, -0.25) is 0 Å². The molecule has 0 atom stereocenters. The number of rotatable bonds is 4. The summed E-state index contributed by atoms with van der Waals surface area (Å²) in [6, 6.07) is 15.0. The van der Waals surface area contributed by atoms with Crippen LogP contribution < -0.4 is 5.32 Å². The number of benzene rings is 2. The van der Waals surface area contributed by atoms with Crippen LogP contribution >= 0.6 is 0 Å². The molecule has 3 aromatic rings. The Morgan fingerprint density at radius 2 is 1.57 bits per heavy atom. The Morgan fingerprint density at radius 3 is 2.07 bits per heavy atom. The van der Waals surface area contributed by atoms with E-state index in [0.29, 0.717) is 12.5 Å². The quantitative estimate of drug-likeness (QED) is 0.553. The number of anilines is 1. The number of aromatic nitrogens is 2. The molecule has 30 heavy (non-hydrogen) atoms. The van der Waals surface area contributed by atoms with Crippen molar-refractivity contribution in [2.75, 3.05) is 5.32 Å². The molecule has 0 bridgehead atoms. The molecule has 158 valence electrons. The van der Waals surface area contributed by atoms with Crippen LogP contribution in [0, 0.1) is 0 Å². The summed E-state index contributed by atoms with van der Waals surface area (Å²) in [5, 5.41) is 17.9. The molecule has 0 spiro atoms. The number of halogens is 3. The van der Waals surface area contributed by atoms with Crippen LogP contribution in [0.4, 0.5) is 19.1 Å². The Hall–Kier alpha value is -3.82. The van der Waals surface area contributed by atoms with Crippen molar-refractivity contribution in [3.8, 4) is 11.3 Å². The van der Waals surface area contributed by atoms with E-state index in [1.807, 2.05) is 41.9 Å². The van der Waals surface area contributed by atoms with Gasteiger partial charge >= 0.3 is 18.1 Å². The highest BCUT2D eigenvalue weighted by molar-refractivity contribution is 6.27. The van der Waals surface area contributed by atoms with Gasteiger partial charge < -0.3 is 20.1 Å². The summed E-state index contributed by atoms with van der Waals surface area (Å²) in [5.74, 6) is -2.99. The number of hydrogen-bond donors (Lipinski definition) is 3. The number of hydrogen-bond acceptors (Lipinski definition) is 4. The van der Waals surface area contributed by atoms with Crippen LogP contribution in [0.3, 0.4) is 0 Å². The minimum absolute atomic E-state index is 0.400. The largest absolute Gasteiger partial charge is 0.473 e. The monoisotopic (exact) mass is 421 g/mol. The summed E-state index contributed by atoms with van der Waals surface area (Å²) in [6.07, 6.45) is -2.54. The average Bonchev–Trinajstić information content (AvgIpc) is 3.07. The van der Waals surface area contributed by atoms with Crippen molar-refractivity contribution < 1.29 is 33.0 Å². The van der Waals surface area contributed by atoms with E-state index in [4.69, 9.17) is 19.8 Å². The molecule has 0 saturated heterocycles. The minimum atomic E-state index is -4.31. The van der Waals surface area contributed by atoms with Crippen LogP contribution in [0.25, 0.3) is 11.3 Å². The number of carboxylic acids is 2. The topological polar surface area (TPSA) is 104 Å². The van der Waals surface area contributed by atoms with Gasteiger partial charge in [-0.15, -0.1) is 0 Å². The van der Waals surface area contributed by atoms with E-state index in [9.17, 15) is 13.2 Å². The van der Waals surface area contributed by atoms with Gasteiger partial charge in [0.05, 0.1) is 17.5 Å². The maximum absolute atomic E-state index is 12.6. The van der Waals surface area contributed by atoms with Crippen LogP contribution in [0.1, 0.15) is 11.1 Å². The van der Waals surface area contributed by atoms with Crippen molar-refractivity contribution in [2.24, 2.45) is 7.05 Å². The van der Waals surface area contributed by atoms with Gasteiger partial charge in [-0.1, -0.05) is 42.5 Å². The zero-order valence-electron chi connectivity index (χ0n) is 15.7. The van der Waals surface area contributed by atoms with Gasteiger partial charge in [0.15, 0.2) is 0 Å². The minimum Gasteiger partial charge on any atom is -0.473 e. The molecule has 3 N–H and O–H groups in total. The Kier molecular flexibility index (Phi) is 7.18. The molecule has 0 aliphatic carbocycles. The summed E-state index contributed by atoms with van der Waals surface area (Å²) in [5.41, 5.74) is 2.13. The first-order chi connectivity index (χ1) is 14.1. The Morgan fingerprint density at radius 1 is 1.00 bits per heavy atom. The van der Waals surface area contributed by atoms with Crippen LogP contribution in [0.15, 0.2) is 60.8 Å². The zero-order chi connectivity index (χ0) is 22.3. The summed E-state index contributed by atoms with van der Waals surface area (Å²) in [7, 11) is 1.89. The Bertz CT molecular complexity index is 988. The SMILES string of the molecule is Cn1c(-c2ccccc2)cnc1NCc1ccc(C(F)(F)F)cc1.O=C(O)C(=O)O. The first-order valence-electron chi connectivity index (χ1n) is 8.53. The molecule has 1 heterocycles. The standard InChI is InChI=1S/C18H16F3N3.C2H2O4/c1-24-16(14-5-3-2-4-6-14)12-23-17(24)22-11-13-7-9-15(10-8-13)18(19,20)21;3-1(4)2(5)6/h2-10,12H,11H2,1H3,(H,22,23);(H,3,4)(H,5,6). The fourth-order valence-electron chi connectivity index (χ4n) is 2.44. The van der Waals surface area contributed by atoms with Crippen LogP contribution in [-0.2, 0) is 29.4 Å². The van der Waals surface area contributed by atoms with Crippen LogP contribution in [-0.4, -0.2) is 31.7 Å². The molecule has 0 saturated carbocycles. The number of alkyl halides is 3. The van der Waals surface area contributed by atoms with E-state index in [2.05, 4.69) is 10.3 Å². The predicted octanol–water partition coefficient (Wildman–Crippen LogP) is 3.87. The summed E-state index contributed by atoms with van der Waals surface area (Å²) in [6.45, 7) is 0.400. The fraction of sp³-hybridized carbons (Fsp3) is 0.150. The maximum atomic E-state index is 12.6. The molecule has 0 amide bonds. The van der Waals surface area contributed by atoms with Crippen molar-refractivity contribution in [3.05, 3.63) is 71.9 Å². The van der Waals surface area contributed by atoms with Gasteiger partial charge in [0.1, 0.15) is 0 Å². The highest BCUT2D eigenvalue weighted by Gasteiger charge is 2.29. The lowest BCUT2D eigenvalue weighted by Crippen LogP contribution is -2.09. The number of imidazole rings is 1. The lowest BCUT2D eigenvalue weighted by molar-refractivity contribution is -0.159. The number of aliphatic carboxylic acids is 2. The Labute approximate surface area is 169 Å². The van der Waals surface area contributed by atoms with Gasteiger partial charge in [-0.25, -0.2) is 14.6 Å². The molecular weight excluding hydrogens is 403 g/mol. The second kappa shape index (κ2) is 9.59. The molecule has 3 rings (SSSR count). The second-order valence-corrected chi connectivity index (χ2v) is 6.05. The third-order valence-electron chi connectivity index (χ3n) is 3.97. The van der Waals surface area contributed by atoms with E-state index < -0.39 is 23.7 Å². The number of carbonyl (C=O) groups is 2. The molecule has 2 aromatic carbocycles. The zero-order valence-corrected chi connectivity index (χ0v) is 15.7. The van der Waals surface area contributed by atoms with Crippen molar-refractivity contribution >= 4 is 17.9 Å². The van der Waals surface area contributed by atoms with E-state index in [0.717, 1.165) is 29.0 Å². The summed E-state index contributed by atoms with van der Waals surface area (Å²) < 4.78 is 39.6. The second-order valence-electron chi connectivity index (χ2n) is 6.05. The smallest absolute Gasteiger partial charge is 0.416 e. The van der Waals surface area contributed by atoms with Crippen molar-refractivity contribution in [2.45, 2.75) is 12.7 Å².